The summed E-state index contributed by atoms with van der Waals surface area (Å²) < 4.78 is 71.4. The second-order valence-electron chi connectivity index (χ2n) is 11.3. The predicted octanol–water partition coefficient (Wildman–Crippen LogP) is 5.72. The van der Waals surface area contributed by atoms with E-state index in [0.29, 0.717) is 38.0 Å². The fourth-order valence-electron chi connectivity index (χ4n) is 4.81. The lowest BCUT2D eigenvalue weighted by molar-refractivity contribution is -0.160. The maximum absolute atomic E-state index is 13.1. The third kappa shape index (κ3) is 7.50. The van der Waals surface area contributed by atoms with E-state index in [-0.39, 0.29) is 23.6 Å². The van der Waals surface area contributed by atoms with Crippen molar-refractivity contribution in [2.75, 3.05) is 19.6 Å². The molecule has 1 aliphatic rings. The molecular weight excluding hydrogens is 519 g/mol. The summed E-state index contributed by atoms with van der Waals surface area (Å²) in [5.74, 6) is -0.930. The van der Waals surface area contributed by atoms with E-state index in [9.17, 15) is 26.4 Å². The Hall–Kier alpha value is -2.59. The van der Waals surface area contributed by atoms with Gasteiger partial charge in [-0.15, -0.1) is 0 Å². The van der Waals surface area contributed by atoms with E-state index < -0.39 is 26.6 Å². The van der Waals surface area contributed by atoms with E-state index in [1.165, 1.54) is 18.2 Å². The summed E-state index contributed by atoms with van der Waals surface area (Å²) in [6, 6.07) is 15.6. The summed E-state index contributed by atoms with van der Waals surface area (Å²) in [6.45, 7) is 11.4. The number of hydrogen-bond donors (Lipinski definition) is 0. The molecule has 3 unspecified atom stereocenters. The maximum atomic E-state index is 13.1. The normalized spacial score (nSPS) is 22.1. The van der Waals surface area contributed by atoms with Crippen LogP contribution in [0, 0.1) is 11.8 Å². The molecule has 3 atom stereocenters. The molecular formula is C28H36F3NO5S. The van der Waals surface area contributed by atoms with Gasteiger partial charge in [0.05, 0.1) is 5.92 Å². The van der Waals surface area contributed by atoms with E-state index in [0.717, 1.165) is 5.56 Å². The van der Waals surface area contributed by atoms with Crippen LogP contribution in [-0.2, 0) is 31.5 Å². The van der Waals surface area contributed by atoms with Crippen molar-refractivity contribution in [3.63, 3.8) is 0 Å². The van der Waals surface area contributed by atoms with Crippen molar-refractivity contribution in [1.29, 1.82) is 0 Å². The summed E-state index contributed by atoms with van der Waals surface area (Å²) in [7, 11) is -5.75. The zero-order valence-electron chi connectivity index (χ0n) is 22.4. The summed E-state index contributed by atoms with van der Waals surface area (Å²) in [6.07, 6.45) is 1.21. The van der Waals surface area contributed by atoms with Crippen LogP contribution in [0.2, 0.25) is 0 Å². The first kappa shape index (κ1) is 30.0. The van der Waals surface area contributed by atoms with Crippen LogP contribution in [0.3, 0.4) is 0 Å². The first-order valence-corrected chi connectivity index (χ1v) is 14.0. The molecule has 0 aromatic heterocycles. The third-order valence-corrected chi connectivity index (χ3v) is 8.07. The molecule has 0 amide bonds. The van der Waals surface area contributed by atoms with Crippen LogP contribution < -0.4 is 4.18 Å². The maximum Gasteiger partial charge on any atom is 0.534 e. The number of esters is 1. The molecule has 10 heteroatoms. The highest BCUT2D eigenvalue weighted by atomic mass is 32.2. The van der Waals surface area contributed by atoms with Gasteiger partial charge in [-0.25, -0.2) is 0 Å². The number of hydrogen-bond acceptors (Lipinski definition) is 6. The summed E-state index contributed by atoms with van der Waals surface area (Å²) in [5.41, 5.74) is -4.79. The van der Waals surface area contributed by atoms with Gasteiger partial charge in [-0.1, -0.05) is 56.3 Å². The van der Waals surface area contributed by atoms with E-state index in [1.807, 2.05) is 65.0 Å². The van der Waals surface area contributed by atoms with Crippen molar-refractivity contribution >= 4 is 16.1 Å². The molecule has 0 N–H and O–H groups in total. The van der Waals surface area contributed by atoms with Crippen molar-refractivity contribution < 1.29 is 35.3 Å². The molecule has 0 bridgehead atoms. The summed E-state index contributed by atoms with van der Waals surface area (Å²) in [5, 5.41) is 0. The van der Waals surface area contributed by atoms with E-state index in [2.05, 4.69) is 9.08 Å². The van der Waals surface area contributed by atoms with Crippen LogP contribution in [-0.4, -0.2) is 50.0 Å². The van der Waals surface area contributed by atoms with Gasteiger partial charge in [-0.3, -0.25) is 4.79 Å². The van der Waals surface area contributed by atoms with Crippen molar-refractivity contribution in [3.05, 3.63) is 65.7 Å². The molecule has 0 radical (unpaired) electrons. The molecule has 2 aromatic rings. The van der Waals surface area contributed by atoms with Crippen molar-refractivity contribution in [3.8, 4) is 5.75 Å². The SMILES string of the molecule is CC1CN(CC(Cc2ccccc2)C(=O)OC(C)(C)C)CCC1(C)c1cccc(OS(=O)(=O)C(F)(F)F)c1. The Bertz CT molecular complexity index is 1210. The Morgan fingerprint density at radius 3 is 2.34 bits per heavy atom. The highest BCUT2D eigenvalue weighted by molar-refractivity contribution is 7.88. The quantitative estimate of drug-likeness (QED) is 0.236. The first-order valence-electron chi connectivity index (χ1n) is 12.6. The number of benzene rings is 2. The molecule has 0 saturated carbocycles. The molecule has 0 aliphatic carbocycles. The molecule has 2 aromatic carbocycles. The van der Waals surface area contributed by atoms with E-state index in [4.69, 9.17) is 4.74 Å². The van der Waals surface area contributed by atoms with Crippen molar-refractivity contribution in [2.24, 2.45) is 11.8 Å². The Balaban J connectivity index is 1.75. The molecule has 1 fully saturated rings. The van der Waals surface area contributed by atoms with Gasteiger partial charge in [0.2, 0.25) is 0 Å². The van der Waals surface area contributed by atoms with Gasteiger partial charge in [-0.2, -0.15) is 21.6 Å². The number of likely N-dealkylation sites (tertiary alicyclic amines) is 1. The minimum atomic E-state index is -5.75. The minimum Gasteiger partial charge on any atom is -0.460 e. The van der Waals surface area contributed by atoms with Gasteiger partial charge in [0.1, 0.15) is 11.4 Å². The van der Waals surface area contributed by atoms with Crippen LogP contribution >= 0.6 is 0 Å². The van der Waals surface area contributed by atoms with E-state index >= 15 is 0 Å². The number of carbonyl (C=O) groups excluding carboxylic acids is 1. The number of halogens is 3. The number of alkyl halides is 3. The highest BCUT2D eigenvalue weighted by Gasteiger charge is 2.49. The second-order valence-corrected chi connectivity index (χ2v) is 12.8. The Labute approximate surface area is 223 Å². The van der Waals surface area contributed by atoms with Gasteiger partial charge >= 0.3 is 21.6 Å². The standard InChI is InChI=1S/C28H36F3NO5S/c1-20-18-32(19-22(25(33)36-26(2,3)4)16-21-10-7-6-8-11-21)15-14-27(20,5)23-12-9-13-24(17-23)37-38(34,35)28(29,30)31/h6-13,17,20,22H,14-16,18-19H2,1-5H3. The predicted molar refractivity (Wildman–Crippen MR) is 139 cm³/mol. The zero-order chi connectivity index (χ0) is 28.4. The Kier molecular flexibility index (Phi) is 8.88. The van der Waals surface area contributed by atoms with Crippen LogP contribution in [0.4, 0.5) is 13.2 Å². The smallest absolute Gasteiger partial charge is 0.460 e. The Morgan fingerprint density at radius 2 is 1.76 bits per heavy atom. The monoisotopic (exact) mass is 555 g/mol. The zero-order valence-corrected chi connectivity index (χ0v) is 23.2. The van der Waals surface area contributed by atoms with Crippen molar-refractivity contribution in [2.45, 2.75) is 64.0 Å². The average molecular weight is 556 g/mol. The first-order chi connectivity index (χ1) is 17.5. The van der Waals surface area contributed by atoms with Crippen LogP contribution in [0.15, 0.2) is 54.6 Å². The van der Waals surface area contributed by atoms with Gasteiger partial charge in [-0.05, 0) is 74.8 Å². The van der Waals surface area contributed by atoms with Crippen LogP contribution in [0.5, 0.6) is 5.75 Å². The molecule has 3 rings (SSSR count). The lowest BCUT2D eigenvalue weighted by atomic mass is 9.68. The van der Waals surface area contributed by atoms with Gasteiger partial charge in [0, 0.05) is 13.1 Å². The molecule has 38 heavy (non-hydrogen) atoms. The number of carbonyl (C=O) groups is 1. The highest BCUT2D eigenvalue weighted by Crippen LogP contribution is 2.41. The largest absolute Gasteiger partial charge is 0.534 e. The molecule has 6 nitrogen and oxygen atoms in total. The number of ether oxygens (including phenoxy) is 1. The molecule has 210 valence electrons. The summed E-state index contributed by atoms with van der Waals surface area (Å²) in [4.78, 5) is 15.3. The van der Waals surface area contributed by atoms with Crippen molar-refractivity contribution in [1.82, 2.24) is 4.90 Å². The number of rotatable bonds is 8. The van der Waals surface area contributed by atoms with Gasteiger partial charge < -0.3 is 13.8 Å². The summed E-state index contributed by atoms with van der Waals surface area (Å²) >= 11 is 0. The van der Waals surface area contributed by atoms with Gasteiger partial charge in [0.15, 0.2) is 0 Å². The second kappa shape index (κ2) is 11.3. The number of piperidine rings is 1. The molecule has 1 saturated heterocycles. The average Bonchev–Trinajstić information content (AvgIpc) is 2.80. The molecule has 1 aliphatic heterocycles. The topological polar surface area (TPSA) is 72.9 Å². The fraction of sp³-hybridized carbons (Fsp3) is 0.536. The minimum absolute atomic E-state index is 0.0572. The lowest BCUT2D eigenvalue weighted by Crippen LogP contribution is -2.49. The van der Waals surface area contributed by atoms with Crippen LogP contribution in [0.25, 0.3) is 0 Å². The fourth-order valence-corrected chi connectivity index (χ4v) is 5.26. The molecule has 0 spiro atoms. The van der Waals surface area contributed by atoms with Gasteiger partial charge in [0.25, 0.3) is 0 Å². The van der Waals surface area contributed by atoms with E-state index in [1.54, 1.807) is 6.07 Å². The number of nitrogens with zero attached hydrogens (tertiary/aromatic N) is 1. The third-order valence-electron chi connectivity index (χ3n) is 7.09. The molecule has 1 heterocycles. The Morgan fingerprint density at radius 1 is 1.11 bits per heavy atom. The lowest BCUT2D eigenvalue weighted by Gasteiger charge is -2.46. The van der Waals surface area contributed by atoms with Crippen LogP contribution in [0.1, 0.15) is 52.2 Å².